The predicted octanol–water partition coefficient (Wildman–Crippen LogP) is 3.98. The number of fused-ring (bicyclic) bond motifs is 2. The molecule has 11 heteroatoms. The summed E-state index contributed by atoms with van der Waals surface area (Å²) >= 11 is 6.64. The van der Waals surface area contributed by atoms with Crippen molar-refractivity contribution in [3.05, 3.63) is 89.5 Å². The Hall–Kier alpha value is -3.99. The maximum Gasteiger partial charge on any atom is 0.306 e. The number of aliphatic hydroxyl groups excluding tert-OH is 1. The first kappa shape index (κ1) is 32.9. The Morgan fingerprint density at radius 3 is 2.49 bits per heavy atom. The zero-order chi connectivity index (χ0) is 33.3. The zero-order valence-electron chi connectivity index (χ0n) is 26.5. The number of allylic oxidation sites excluding steroid dienone is 1. The molecule has 47 heavy (non-hydrogen) atoms. The van der Waals surface area contributed by atoms with Crippen molar-refractivity contribution in [1.82, 2.24) is 10.2 Å². The number of halogens is 1. The third kappa shape index (κ3) is 6.10. The number of esters is 1. The molecule has 248 valence electrons. The number of rotatable bonds is 6. The molecular formula is C36H40ClN3O7. The second kappa shape index (κ2) is 13.6. The lowest BCUT2D eigenvalue weighted by Gasteiger charge is -2.39. The summed E-state index contributed by atoms with van der Waals surface area (Å²) in [7, 11) is 0. The molecule has 4 heterocycles. The predicted molar refractivity (Wildman–Crippen MR) is 175 cm³/mol. The van der Waals surface area contributed by atoms with Crippen LogP contribution in [0.5, 0.6) is 0 Å². The number of anilines is 1. The first-order valence-electron chi connectivity index (χ1n) is 16.2. The van der Waals surface area contributed by atoms with Gasteiger partial charge in [0.2, 0.25) is 11.8 Å². The van der Waals surface area contributed by atoms with E-state index in [9.17, 15) is 24.3 Å². The number of para-hydroxylation sites is 1. The molecule has 2 aromatic carbocycles. The first-order chi connectivity index (χ1) is 22.7. The lowest BCUT2D eigenvalue weighted by molar-refractivity contribution is -0.146. The Kier molecular flexibility index (Phi) is 9.55. The fraction of sp³-hybridized carbons (Fsp3) is 0.444. The third-order valence-corrected chi connectivity index (χ3v) is 9.82. The number of benzene rings is 2. The molecule has 5 bridgehead atoms. The van der Waals surface area contributed by atoms with Crippen LogP contribution in [0.3, 0.4) is 0 Å². The number of amides is 3. The zero-order valence-corrected chi connectivity index (χ0v) is 27.2. The van der Waals surface area contributed by atoms with Gasteiger partial charge in [-0.2, -0.15) is 0 Å². The van der Waals surface area contributed by atoms with E-state index in [1.165, 1.54) is 9.80 Å². The molecular weight excluding hydrogens is 622 g/mol. The van der Waals surface area contributed by atoms with Gasteiger partial charge in [0.05, 0.1) is 47.3 Å². The molecule has 0 aliphatic carbocycles. The molecule has 10 nitrogen and oxygen atoms in total. The number of hydrogen-bond donors (Lipinski definition) is 2. The van der Waals surface area contributed by atoms with E-state index in [4.69, 9.17) is 21.1 Å². The Morgan fingerprint density at radius 1 is 1.02 bits per heavy atom. The van der Waals surface area contributed by atoms with E-state index in [-0.39, 0.29) is 32.1 Å². The highest BCUT2D eigenvalue weighted by atomic mass is 35.5. The lowest BCUT2D eigenvalue weighted by Crippen LogP contribution is -2.59. The van der Waals surface area contributed by atoms with Crippen LogP contribution in [0.1, 0.15) is 44.7 Å². The van der Waals surface area contributed by atoms with E-state index < -0.39 is 65.4 Å². The van der Waals surface area contributed by atoms with Crippen molar-refractivity contribution in [3.8, 4) is 0 Å². The van der Waals surface area contributed by atoms with Crippen molar-refractivity contribution in [2.24, 2.45) is 17.8 Å². The number of carbonyl (C=O) groups excluding carboxylic acids is 4. The molecule has 4 aliphatic rings. The van der Waals surface area contributed by atoms with Gasteiger partial charge in [0, 0.05) is 13.0 Å². The van der Waals surface area contributed by atoms with Gasteiger partial charge in [0.25, 0.3) is 5.91 Å². The number of nitrogens with zero attached hydrogens (tertiary/aromatic N) is 2. The van der Waals surface area contributed by atoms with Crippen LogP contribution in [0.25, 0.3) is 0 Å². The van der Waals surface area contributed by atoms with Crippen molar-refractivity contribution in [1.29, 1.82) is 0 Å². The minimum atomic E-state index is -1.45. The second-order valence-electron chi connectivity index (χ2n) is 13.0. The minimum absolute atomic E-state index is 0.0926. The summed E-state index contributed by atoms with van der Waals surface area (Å²) in [5, 5.41) is 14.0. The van der Waals surface area contributed by atoms with Crippen molar-refractivity contribution in [3.63, 3.8) is 0 Å². The number of nitrogens with one attached hydrogen (secondary N) is 1. The third-order valence-electron chi connectivity index (χ3n) is 9.50. The Labute approximate surface area is 279 Å². The second-order valence-corrected chi connectivity index (χ2v) is 13.4. The molecule has 0 unspecified atom stereocenters. The van der Waals surface area contributed by atoms with E-state index in [1.807, 2.05) is 44.2 Å². The molecule has 0 radical (unpaired) electrons. The van der Waals surface area contributed by atoms with Gasteiger partial charge >= 0.3 is 5.97 Å². The Morgan fingerprint density at radius 2 is 1.77 bits per heavy atom. The molecule has 4 aliphatic heterocycles. The van der Waals surface area contributed by atoms with Crippen LogP contribution in [-0.2, 0) is 28.7 Å². The molecule has 1 spiro atoms. The number of aliphatic hydroxyl groups is 1. The normalized spacial score (nSPS) is 30.8. The highest BCUT2D eigenvalue weighted by Gasteiger charge is 2.74. The van der Waals surface area contributed by atoms with E-state index in [0.29, 0.717) is 23.6 Å². The average molecular weight is 662 g/mol. The number of hydrogen-bond acceptors (Lipinski definition) is 7. The molecule has 7 atom stereocenters. The molecule has 6 rings (SSSR count). The molecule has 0 aromatic heterocycles. The molecule has 2 aromatic rings. The quantitative estimate of drug-likeness (QED) is 0.354. The van der Waals surface area contributed by atoms with Crippen molar-refractivity contribution >= 4 is 41.0 Å². The van der Waals surface area contributed by atoms with Crippen LogP contribution in [0.2, 0.25) is 5.02 Å². The standard InChI is InChI=1S/C36H40ClN3O7/c1-22(2)19-24(20-41)40-32-35(45)39(27-14-9-8-13-25(27)37)18-10-4-7-15-29(42)46-21-26(23-11-5-3-6-12-23)38-33(43)30-28-16-17-36(32,47-28)31(30)34(40)44/h3-6,8-14,16-17,22,24,26,28,30-32,41H,7,15,18-21H2,1-2H3,(H,38,43)/b10-4-/t24-,26+,28+,30-,31-,32+,36-/m1/s1. The SMILES string of the molecule is CC(C)C[C@H](CO)N1C(=O)[C@H]2[C@@H]3C(=O)N[C@H](c4ccccc4)COC(=O)CC/C=C\CN(c4ccccc4Cl)C(=O)[C@H]1[C@@]21C=C[C@@H]3O1. The van der Waals surface area contributed by atoms with Gasteiger partial charge in [-0.25, -0.2) is 0 Å². The summed E-state index contributed by atoms with van der Waals surface area (Å²) in [6, 6.07) is 13.6. The van der Waals surface area contributed by atoms with E-state index >= 15 is 0 Å². The maximum atomic E-state index is 15.0. The molecule has 3 amide bonds. The summed E-state index contributed by atoms with van der Waals surface area (Å²) < 4.78 is 12.2. The van der Waals surface area contributed by atoms with Crippen LogP contribution in [0, 0.1) is 17.8 Å². The maximum absolute atomic E-state index is 15.0. The molecule has 2 fully saturated rings. The lowest BCUT2D eigenvalue weighted by atomic mass is 9.74. The van der Waals surface area contributed by atoms with Crippen molar-refractivity contribution in [2.75, 3.05) is 24.7 Å². The van der Waals surface area contributed by atoms with Gasteiger partial charge in [0.15, 0.2) is 0 Å². The average Bonchev–Trinajstić information content (AvgIpc) is 3.71. The van der Waals surface area contributed by atoms with Gasteiger partial charge in [-0.15, -0.1) is 0 Å². The van der Waals surface area contributed by atoms with E-state index in [1.54, 1.807) is 48.6 Å². The fourth-order valence-corrected chi connectivity index (χ4v) is 7.69. The van der Waals surface area contributed by atoms with Crippen molar-refractivity contribution < 1.29 is 33.8 Å². The fourth-order valence-electron chi connectivity index (χ4n) is 7.45. The van der Waals surface area contributed by atoms with E-state index in [2.05, 4.69) is 5.32 Å². The highest BCUT2D eigenvalue weighted by molar-refractivity contribution is 6.34. The van der Waals surface area contributed by atoms with Gasteiger partial charge in [-0.3, -0.25) is 19.2 Å². The van der Waals surface area contributed by atoms with Crippen LogP contribution in [0.15, 0.2) is 78.9 Å². The van der Waals surface area contributed by atoms with Crippen LogP contribution in [0.4, 0.5) is 5.69 Å². The van der Waals surface area contributed by atoms with Gasteiger partial charge in [-0.1, -0.05) is 92.2 Å². The number of likely N-dealkylation sites (tertiary alicyclic amines) is 1. The number of carbonyl (C=O) groups is 4. The Balaban J connectivity index is 1.47. The molecule has 2 saturated heterocycles. The summed E-state index contributed by atoms with van der Waals surface area (Å²) in [5.41, 5.74) is -0.271. The number of ether oxygens (including phenoxy) is 2. The van der Waals surface area contributed by atoms with Crippen LogP contribution in [-0.4, -0.2) is 77.2 Å². The van der Waals surface area contributed by atoms with Crippen molar-refractivity contribution in [2.45, 2.75) is 62.9 Å². The largest absolute Gasteiger partial charge is 0.463 e. The summed E-state index contributed by atoms with van der Waals surface area (Å²) in [5.74, 6) is -3.63. The summed E-state index contributed by atoms with van der Waals surface area (Å²) in [6.45, 7) is 3.61. The van der Waals surface area contributed by atoms with Gasteiger partial charge in [-0.05, 0) is 36.5 Å². The number of cyclic esters (lactones) is 1. The van der Waals surface area contributed by atoms with Gasteiger partial charge < -0.3 is 29.7 Å². The minimum Gasteiger partial charge on any atom is -0.463 e. The van der Waals surface area contributed by atoms with Crippen LogP contribution >= 0.6 is 11.6 Å². The summed E-state index contributed by atoms with van der Waals surface area (Å²) in [4.78, 5) is 59.5. The molecule has 2 N–H and O–H groups in total. The topological polar surface area (TPSA) is 125 Å². The summed E-state index contributed by atoms with van der Waals surface area (Å²) in [6.07, 6.45) is 7.23. The van der Waals surface area contributed by atoms with Crippen LogP contribution < -0.4 is 10.2 Å². The Bertz CT molecular complexity index is 1580. The smallest absolute Gasteiger partial charge is 0.306 e. The first-order valence-corrected chi connectivity index (χ1v) is 16.6. The highest BCUT2D eigenvalue weighted by Crippen LogP contribution is 2.56. The van der Waals surface area contributed by atoms with Gasteiger partial charge in [0.1, 0.15) is 18.2 Å². The van der Waals surface area contributed by atoms with E-state index in [0.717, 1.165) is 5.56 Å². The monoisotopic (exact) mass is 661 g/mol. The molecule has 0 saturated carbocycles.